The topological polar surface area (TPSA) is 46.5 Å². The number of hydrogen-bond donors (Lipinski definition) is 1. The van der Waals surface area contributed by atoms with E-state index >= 15 is 0 Å². The highest BCUT2D eigenvalue weighted by molar-refractivity contribution is 5.60. The fourth-order valence-corrected chi connectivity index (χ4v) is 2.87. The van der Waals surface area contributed by atoms with E-state index in [9.17, 15) is 0 Å². The van der Waals surface area contributed by atoms with E-state index < -0.39 is 0 Å². The Kier molecular flexibility index (Phi) is 2.54. The monoisotopic (exact) mass is 244 g/mol. The number of nitrogens with one attached hydrogen (secondary N) is 1. The van der Waals surface area contributed by atoms with Gasteiger partial charge in [-0.1, -0.05) is 13.8 Å². The van der Waals surface area contributed by atoms with Gasteiger partial charge in [0.05, 0.1) is 5.69 Å². The third-order valence-corrected chi connectivity index (χ3v) is 3.92. The largest absolute Gasteiger partial charge is 0.276 e. The van der Waals surface area contributed by atoms with Gasteiger partial charge in [0.25, 0.3) is 0 Å². The maximum Gasteiger partial charge on any atom is 0.114 e. The van der Waals surface area contributed by atoms with E-state index in [4.69, 9.17) is 5.10 Å². The summed E-state index contributed by atoms with van der Waals surface area (Å²) in [4.78, 5) is 0. The van der Waals surface area contributed by atoms with Gasteiger partial charge in [-0.25, -0.2) is 0 Å². The van der Waals surface area contributed by atoms with Gasteiger partial charge in [-0.2, -0.15) is 10.2 Å². The first-order chi connectivity index (χ1) is 8.61. The number of aryl methyl sites for hydroxylation is 1. The minimum atomic E-state index is 0.394. The van der Waals surface area contributed by atoms with Gasteiger partial charge >= 0.3 is 0 Å². The van der Waals surface area contributed by atoms with Gasteiger partial charge in [0.2, 0.25) is 0 Å². The van der Waals surface area contributed by atoms with Gasteiger partial charge in [0.15, 0.2) is 0 Å². The maximum absolute atomic E-state index is 4.76. The molecular weight excluding hydrogens is 224 g/mol. The molecule has 0 saturated heterocycles. The second kappa shape index (κ2) is 3.97. The van der Waals surface area contributed by atoms with Gasteiger partial charge in [-0.3, -0.25) is 9.78 Å². The zero-order chi connectivity index (χ0) is 12.8. The Bertz CT molecular complexity index is 549. The van der Waals surface area contributed by atoms with Crippen LogP contribution >= 0.6 is 0 Å². The average molecular weight is 244 g/mol. The normalized spacial score (nSPS) is 17.7. The van der Waals surface area contributed by atoms with Gasteiger partial charge < -0.3 is 0 Å². The molecule has 2 aromatic rings. The number of hydrogen-bond acceptors (Lipinski definition) is 2. The Hall–Kier alpha value is -1.58. The van der Waals surface area contributed by atoms with Crippen LogP contribution in [0.2, 0.25) is 0 Å². The van der Waals surface area contributed by atoms with Crippen molar-refractivity contribution in [1.82, 2.24) is 20.0 Å². The number of rotatable bonds is 2. The van der Waals surface area contributed by atoms with Crippen LogP contribution in [0.5, 0.6) is 0 Å². The molecule has 0 aromatic carbocycles. The summed E-state index contributed by atoms with van der Waals surface area (Å²) in [6.07, 6.45) is 5.27. The summed E-state index contributed by atoms with van der Waals surface area (Å²) < 4.78 is 2.16. The molecule has 96 valence electrons. The summed E-state index contributed by atoms with van der Waals surface area (Å²) in [6, 6.07) is 2.00. The molecule has 0 saturated carbocycles. The predicted octanol–water partition coefficient (Wildman–Crippen LogP) is 2.81. The number of aromatic amines is 1. The lowest BCUT2D eigenvalue weighted by molar-refractivity contribution is 0.305. The minimum absolute atomic E-state index is 0.394. The minimum Gasteiger partial charge on any atom is -0.276 e. The molecule has 0 atom stereocenters. The van der Waals surface area contributed by atoms with Crippen molar-refractivity contribution in [2.45, 2.75) is 46.6 Å². The first-order valence-corrected chi connectivity index (χ1v) is 6.69. The van der Waals surface area contributed by atoms with Crippen molar-refractivity contribution >= 4 is 0 Å². The van der Waals surface area contributed by atoms with E-state index in [-0.39, 0.29) is 0 Å². The number of aromatic nitrogens is 4. The van der Waals surface area contributed by atoms with Crippen molar-refractivity contribution in [2.24, 2.45) is 5.41 Å². The summed E-state index contributed by atoms with van der Waals surface area (Å²) >= 11 is 0. The van der Waals surface area contributed by atoms with Crippen molar-refractivity contribution in [3.63, 3.8) is 0 Å². The van der Waals surface area contributed by atoms with Crippen LogP contribution in [0.3, 0.4) is 0 Å². The Morgan fingerprint density at radius 1 is 1.44 bits per heavy atom. The van der Waals surface area contributed by atoms with Crippen LogP contribution in [0.1, 0.15) is 38.4 Å². The SMILES string of the molecule is CCn1nc(-c2ccn[nH]2)c2c1CC(C)(C)CC2. The third kappa shape index (κ3) is 1.76. The van der Waals surface area contributed by atoms with Crippen LogP contribution in [0, 0.1) is 5.41 Å². The molecule has 0 unspecified atom stereocenters. The Morgan fingerprint density at radius 3 is 2.94 bits per heavy atom. The van der Waals surface area contributed by atoms with Gasteiger partial charge in [-0.05, 0) is 37.7 Å². The molecule has 1 aliphatic carbocycles. The van der Waals surface area contributed by atoms with E-state index in [2.05, 4.69) is 35.7 Å². The van der Waals surface area contributed by atoms with Crippen LogP contribution in [0.25, 0.3) is 11.4 Å². The van der Waals surface area contributed by atoms with Crippen LogP contribution < -0.4 is 0 Å². The van der Waals surface area contributed by atoms with E-state index in [1.807, 2.05) is 6.07 Å². The standard InChI is InChI=1S/C14H20N4/c1-4-18-12-9-14(2,3)7-5-10(12)13(17-18)11-6-8-15-16-11/h6,8H,4-5,7,9H2,1-3H3,(H,15,16). The van der Waals surface area contributed by atoms with Gasteiger partial charge in [0, 0.05) is 24.0 Å². The lowest BCUT2D eigenvalue weighted by Gasteiger charge is -2.30. The number of fused-ring (bicyclic) bond motifs is 1. The molecule has 0 radical (unpaired) electrons. The second-order valence-electron chi connectivity index (χ2n) is 5.90. The molecular formula is C14H20N4. The molecule has 0 bridgehead atoms. The molecule has 4 nitrogen and oxygen atoms in total. The van der Waals surface area contributed by atoms with E-state index in [1.165, 1.54) is 17.7 Å². The fraction of sp³-hybridized carbons (Fsp3) is 0.571. The van der Waals surface area contributed by atoms with E-state index in [0.29, 0.717) is 5.41 Å². The van der Waals surface area contributed by atoms with Crippen molar-refractivity contribution in [2.75, 3.05) is 0 Å². The molecule has 1 N–H and O–H groups in total. The van der Waals surface area contributed by atoms with Gasteiger partial charge in [-0.15, -0.1) is 0 Å². The summed E-state index contributed by atoms with van der Waals surface area (Å²) in [6.45, 7) is 7.79. The van der Waals surface area contributed by atoms with Crippen molar-refractivity contribution in [1.29, 1.82) is 0 Å². The van der Waals surface area contributed by atoms with Crippen LogP contribution in [0.4, 0.5) is 0 Å². The summed E-state index contributed by atoms with van der Waals surface area (Å²) in [5.41, 5.74) is 5.36. The highest BCUT2D eigenvalue weighted by Gasteiger charge is 2.31. The molecule has 1 aliphatic rings. The van der Waals surface area contributed by atoms with E-state index in [0.717, 1.165) is 30.8 Å². The predicted molar refractivity (Wildman–Crippen MR) is 71.3 cm³/mol. The fourth-order valence-electron chi connectivity index (χ4n) is 2.87. The number of H-pyrrole nitrogens is 1. The summed E-state index contributed by atoms with van der Waals surface area (Å²) in [5.74, 6) is 0. The lowest BCUT2D eigenvalue weighted by Crippen LogP contribution is -2.24. The van der Waals surface area contributed by atoms with Crippen molar-refractivity contribution < 1.29 is 0 Å². The third-order valence-electron chi connectivity index (χ3n) is 3.92. The highest BCUT2D eigenvalue weighted by Crippen LogP contribution is 2.38. The Balaban J connectivity index is 2.12. The molecule has 0 aliphatic heterocycles. The van der Waals surface area contributed by atoms with Crippen LogP contribution in [0.15, 0.2) is 12.3 Å². The van der Waals surface area contributed by atoms with Crippen LogP contribution in [-0.2, 0) is 19.4 Å². The smallest absolute Gasteiger partial charge is 0.114 e. The molecule has 0 spiro atoms. The maximum atomic E-state index is 4.76. The quantitative estimate of drug-likeness (QED) is 0.883. The summed E-state index contributed by atoms with van der Waals surface area (Å²) in [5, 5.41) is 11.8. The molecule has 18 heavy (non-hydrogen) atoms. The highest BCUT2D eigenvalue weighted by atomic mass is 15.3. The zero-order valence-electron chi connectivity index (χ0n) is 11.3. The zero-order valence-corrected chi connectivity index (χ0v) is 11.3. The van der Waals surface area contributed by atoms with E-state index in [1.54, 1.807) is 6.20 Å². The van der Waals surface area contributed by atoms with Gasteiger partial charge in [0.1, 0.15) is 5.69 Å². The van der Waals surface area contributed by atoms with Crippen molar-refractivity contribution in [3.8, 4) is 11.4 Å². The molecule has 2 heterocycles. The number of nitrogens with zero attached hydrogens (tertiary/aromatic N) is 3. The molecule has 0 fully saturated rings. The average Bonchev–Trinajstić information content (AvgIpc) is 2.93. The van der Waals surface area contributed by atoms with Crippen LogP contribution in [-0.4, -0.2) is 20.0 Å². The Labute approximate surface area is 107 Å². The second-order valence-corrected chi connectivity index (χ2v) is 5.90. The summed E-state index contributed by atoms with van der Waals surface area (Å²) in [7, 11) is 0. The van der Waals surface area contributed by atoms with Crippen molar-refractivity contribution in [3.05, 3.63) is 23.5 Å². The molecule has 0 amide bonds. The first-order valence-electron chi connectivity index (χ1n) is 6.69. The molecule has 3 rings (SSSR count). The molecule has 4 heteroatoms. The first kappa shape index (κ1) is 11.5. The lowest BCUT2D eigenvalue weighted by atomic mass is 9.76. The molecule has 2 aromatic heterocycles. The Morgan fingerprint density at radius 2 is 2.28 bits per heavy atom.